The maximum absolute atomic E-state index is 12.5. The Kier molecular flexibility index (Phi) is 4.98. The van der Waals surface area contributed by atoms with Gasteiger partial charge in [0.2, 0.25) is 10.0 Å². The molecule has 1 aromatic rings. The molecule has 1 aliphatic heterocycles. The molecule has 9 heteroatoms. The smallest absolute Gasteiger partial charge is 0.293 e. The highest BCUT2D eigenvalue weighted by Gasteiger charge is 2.41. The average Bonchev–Trinajstić information content (AvgIpc) is 3.25. The van der Waals surface area contributed by atoms with Crippen molar-refractivity contribution < 1.29 is 18.1 Å². The highest BCUT2D eigenvalue weighted by molar-refractivity contribution is 7.89. The van der Waals surface area contributed by atoms with Crippen LogP contribution in [0.15, 0.2) is 23.1 Å². The molecule has 2 aliphatic rings. The first-order valence-electron chi connectivity index (χ1n) is 8.77. The highest BCUT2D eigenvalue weighted by atomic mass is 32.2. The Labute approximate surface area is 153 Å². The summed E-state index contributed by atoms with van der Waals surface area (Å²) in [6, 6.07) is 3.98. The number of nitro groups is 1. The van der Waals surface area contributed by atoms with Crippen LogP contribution in [0.4, 0.5) is 11.4 Å². The molecule has 2 fully saturated rings. The van der Waals surface area contributed by atoms with Crippen molar-refractivity contribution in [2.45, 2.75) is 62.6 Å². The molecule has 0 spiro atoms. The second-order valence-corrected chi connectivity index (χ2v) is 9.69. The molecule has 1 saturated heterocycles. The number of benzene rings is 1. The Balaban J connectivity index is 1.86. The first-order chi connectivity index (χ1) is 12.1. The summed E-state index contributed by atoms with van der Waals surface area (Å²) >= 11 is 0. The van der Waals surface area contributed by atoms with Crippen LogP contribution >= 0.6 is 0 Å². The number of anilines is 1. The van der Waals surface area contributed by atoms with Crippen molar-refractivity contribution in [2.75, 3.05) is 11.9 Å². The lowest BCUT2D eigenvalue weighted by molar-refractivity contribution is -0.384. The molecule has 0 amide bonds. The van der Waals surface area contributed by atoms with E-state index in [1.807, 2.05) is 0 Å². The molecular weight excluding hydrogens is 358 g/mol. The lowest BCUT2D eigenvalue weighted by atomic mass is 10.1. The summed E-state index contributed by atoms with van der Waals surface area (Å²) in [4.78, 5) is 10.8. The third-order valence-electron chi connectivity index (χ3n) is 4.48. The molecule has 26 heavy (non-hydrogen) atoms. The van der Waals surface area contributed by atoms with E-state index in [1.165, 1.54) is 12.1 Å². The van der Waals surface area contributed by atoms with Gasteiger partial charge in [-0.1, -0.05) is 0 Å². The van der Waals surface area contributed by atoms with Crippen LogP contribution in [0.25, 0.3) is 0 Å². The predicted octanol–water partition coefficient (Wildman–Crippen LogP) is 2.65. The summed E-state index contributed by atoms with van der Waals surface area (Å²) in [5.41, 5.74) is -0.600. The van der Waals surface area contributed by atoms with Crippen LogP contribution in [0.3, 0.4) is 0 Å². The Morgan fingerprint density at radius 3 is 2.50 bits per heavy atom. The molecule has 0 unspecified atom stereocenters. The molecule has 1 aliphatic carbocycles. The van der Waals surface area contributed by atoms with Crippen LogP contribution in [0.5, 0.6) is 0 Å². The molecule has 3 rings (SSSR count). The van der Waals surface area contributed by atoms with Crippen molar-refractivity contribution >= 4 is 21.4 Å². The van der Waals surface area contributed by atoms with Gasteiger partial charge in [-0.15, -0.1) is 0 Å². The first-order valence-corrected chi connectivity index (χ1v) is 10.3. The first kappa shape index (κ1) is 19.1. The van der Waals surface area contributed by atoms with Gasteiger partial charge in [0.05, 0.1) is 22.0 Å². The Morgan fingerprint density at radius 1 is 1.23 bits per heavy atom. The highest BCUT2D eigenvalue weighted by Crippen LogP contribution is 2.40. The molecular formula is C17H25N3O5S. The van der Waals surface area contributed by atoms with Gasteiger partial charge in [0.1, 0.15) is 5.69 Å². The van der Waals surface area contributed by atoms with Crippen LogP contribution in [0.1, 0.15) is 40.0 Å². The zero-order valence-corrected chi connectivity index (χ0v) is 16.0. The predicted molar refractivity (Wildman–Crippen MR) is 97.7 cm³/mol. The Morgan fingerprint density at radius 2 is 1.92 bits per heavy atom. The number of ether oxygens (including phenoxy) is 1. The minimum absolute atomic E-state index is 0.0105. The van der Waals surface area contributed by atoms with Crippen molar-refractivity contribution in [1.29, 1.82) is 0 Å². The summed E-state index contributed by atoms with van der Waals surface area (Å²) in [6.45, 7) is 5.78. The normalized spacial score (nSPS) is 23.8. The van der Waals surface area contributed by atoms with Crippen molar-refractivity contribution in [3.63, 3.8) is 0 Å². The van der Waals surface area contributed by atoms with Gasteiger partial charge in [-0.3, -0.25) is 10.1 Å². The van der Waals surface area contributed by atoms with Gasteiger partial charge >= 0.3 is 0 Å². The van der Waals surface area contributed by atoms with E-state index in [9.17, 15) is 18.5 Å². The lowest BCUT2D eigenvalue weighted by Gasteiger charge is -2.22. The van der Waals surface area contributed by atoms with Crippen molar-refractivity contribution in [3.8, 4) is 0 Å². The number of rotatable bonds is 6. The van der Waals surface area contributed by atoms with E-state index in [1.54, 1.807) is 20.8 Å². The summed E-state index contributed by atoms with van der Waals surface area (Å²) < 4.78 is 33.2. The Bertz CT molecular complexity index is 799. The quantitative estimate of drug-likeness (QED) is 0.577. The van der Waals surface area contributed by atoms with Gasteiger partial charge in [0.15, 0.2) is 0 Å². The maximum Gasteiger partial charge on any atom is 0.293 e. The molecule has 2 N–H and O–H groups in total. The number of nitrogens with one attached hydrogen (secondary N) is 2. The summed E-state index contributed by atoms with van der Waals surface area (Å²) in [6.07, 6.45) is 3.10. The fourth-order valence-corrected chi connectivity index (χ4v) is 4.71. The number of hydrogen-bond acceptors (Lipinski definition) is 6. The number of nitro benzene ring substituents is 1. The minimum Gasteiger partial charge on any atom is -0.376 e. The van der Waals surface area contributed by atoms with Crippen molar-refractivity contribution in [2.24, 2.45) is 5.92 Å². The third-order valence-corrected chi connectivity index (χ3v) is 6.24. The van der Waals surface area contributed by atoms with Gasteiger partial charge in [-0.25, -0.2) is 13.1 Å². The van der Waals surface area contributed by atoms with E-state index in [4.69, 9.17) is 4.74 Å². The molecule has 0 radical (unpaired) electrons. The second-order valence-electron chi connectivity index (χ2n) is 8.00. The molecule has 0 bridgehead atoms. The molecule has 1 heterocycles. The van der Waals surface area contributed by atoms with Crippen LogP contribution in [-0.2, 0) is 14.8 Å². The topological polar surface area (TPSA) is 111 Å². The fourth-order valence-electron chi connectivity index (χ4n) is 3.27. The van der Waals surface area contributed by atoms with E-state index in [0.29, 0.717) is 18.2 Å². The molecule has 1 aromatic carbocycles. The lowest BCUT2D eigenvalue weighted by Crippen LogP contribution is -2.40. The second kappa shape index (κ2) is 6.79. The molecule has 144 valence electrons. The monoisotopic (exact) mass is 383 g/mol. The van der Waals surface area contributed by atoms with E-state index in [-0.39, 0.29) is 22.7 Å². The number of nitrogens with zero attached hydrogens (tertiary/aromatic N) is 1. The summed E-state index contributed by atoms with van der Waals surface area (Å²) in [5.74, 6) is 0.518. The minimum atomic E-state index is -3.84. The molecule has 0 aromatic heterocycles. The molecule has 1 saturated carbocycles. The van der Waals surface area contributed by atoms with Crippen molar-refractivity contribution in [1.82, 2.24) is 4.72 Å². The van der Waals surface area contributed by atoms with E-state index in [2.05, 4.69) is 10.0 Å². The van der Waals surface area contributed by atoms with Crippen LogP contribution in [-0.4, -0.2) is 37.6 Å². The summed E-state index contributed by atoms with van der Waals surface area (Å²) in [7, 11) is -3.84. The van der Waals surface area contributed by atoms with Gasteiger partial charge in [0.25, 0.3) is 5.69 Å². The largest absolute Gasteiger partial charge is 0.376 e. The van der Waals surface area contributed by atoms with Crippen molar-refractivity contribution in [3.05, 3.63) is 28.3 Å². The molecule has 2 atom stereocenters. The van der Waals surface area contributed by atoms with E-state index < -0.39 is 20.5 Å². The van der Waals surface area contributed by atoms with Crippen LogP contribution in [0.2, 0.25) is 0 Å². The van der Waals surface area contributed by atoms with Gasteiger partial charge < -0.3 is 10.1 Å². The zero-order chi connectivity index (χ0) is 19.1. The SMILES string of the molecule is CC(C)(C)NS(=O)(=O)c1ccc(N[C@H]2CCO[C@H]2C2CC2)c([N+](=O)[O-])c1. The van der Waals surface area contributed by atoms with Crippen LogP contribution in [0, 0.1) is 16.0 Å². The standard InChI is InChI=1S/C17H25N3O5S/c1-17(2,3)19-26(23,24)12-6-7-13(15(10-12)20(21)22)18-14-8-9-25-16(14)11-4-5-11/h6-7,10-11,14,16,18-19H,4-5,8-9H2,1-3H3/t14-,16-/m0/s1. The van der Waals surface area contributed by atoms with Gasteiger partial charge in [-0.2, -0.15) is 0 Å². The Hall–Kier alpha value is -1.71. The summed E-state index contributed by atoms with van der Waals surface area (Å²) in [5, 5.41) is 14.7. The maximum atomic E-state index is 12.5. The van der Waals surface area contributed by atoms with E-state index >= 15 is 0 Å². The fraction of sp³-hybridized carbons (Fsp3) is 0.647. The molecule has 8 nitrogen and oxygen atoms in total. The van der Waals surface area contributed by atoms with Crippen LogP contribution < -0.4 is 10.0 Å². The third kappa shape index (κ3) is 4.33. The average molecular weight is 383 g/mol. The van der Waals surface area contributed by atoms with Gasteiger partial charge in [0, 0.05) is 18.2 Å². The zero-order valence-electron chi connectivity index (χ0n) is 15.2. The number of sulfonamides is 1. The van der Waals surface area contributed by atoms with E-state index in [0.717, 1.165) is 25.3 Å². The number of hydrogen-bond donors (Lipinski definition) is 2. The van der Waals surface area contributed by atoms with Gasteiger partial charge in [-0.05, 0) is 58.1 Å².